The summed E-state index contributed by atoms with van der Waals surface area (Å²) in [5.74, 6) is 0.303. The maximum atomic E-state index is 12.2. The highest BCUT2D eigenvalue weighted by Crippen LogP contribution is 2.32. The second-order valence-electron chi connectivity index (χ2n) is 6.14. The van der Waals surface area contributed by atoms with Gasteiger partial charge in [0.1, 0.15) is 12.4 Å². The van der Waals surface area contributed by atoms with E-state index in [1.54, 1.807) is 53.5 Å². The molecule has 3 N–H and O–H groups in total. The Morgan fingerprint density at radius 2 is 1.81 bits per heavy atom. The van der Waals surface area contributed by atoms with E-state index in [1.165, 1.54) is 0 Å². The van der Waals surface area contributed by atoms with Gasteiger partial charge in [-0.15, -0.1) is 0 Å². The fourth-order valence-electron chi connectivity index (χ4n) is 2.91. The highest BCUT2D eigenvalue weighted by atomic mass is 16.2. The van der Waals surface area contributed by atoms with Crippen LogP contribution in [0.2, 0.25) is 0 Å². The number of carbonyl (C=O) groups excluding carboxylic acids is 2. The van der Waals surface area contributed by atoms with Gasteiger partial charge in [0.05, 0.1) is 23.3 Å². The van der Waals surface area contributed by atoms with E-state index in [9.17, 15) is 9.59 Å². The van der Waals surface area contributed by atoms with Crippen molar-refractivity contribution in [3.8, 4) is 0 Å². The highest BCUT2D eigenvalue weighted by molar-refractivity contribution is 6.04. The predicted molar refractivity (Wildman–Crippen MR) is 104 cm³/mol. The molecule has 1 aliphatic heterocycles. The topological polar surface area (TPSA) is 93.4 Å². The number of amides is 2. The summed E-state index contributed by atoms with van der Waals surface area (Å²) >= 11 is 0. The fraction of sp³-hybridized carbons (Fsp3) is 0.105. The molecule has 2 heterocycles. The normalized spacial score (nSPS) is 13.3. The molecule has 2 amide bonds. The number of hydrogen-bond acceptors (Lipinski definition) is 5. The lowest BCUT2D eigenvalue weighted by atomic mass is 10.2. The molecule has 0 radical (unpaired) electrons. The Hall–Kier alpha value is -3.81. The average Bonchev–Trinajstić information content (AvgIpc) is 3.19. The quantitative estimate of drug-likeness (QED) is 0.663. The highest BCUT2D eigenvalue weighted by Gasteiger charge is 2.26. The van der Waals surface area contributed by atoms with E-state index in [4.69, 9.17) is 0 Å². The Kier molecular flexibility index (Phi) is 4.21. The van der Waals surface area contributed by atoms with Crippen LogP contribution in [0.3, 0.4) is 0 Å². The first kappa shape index (κ1) is 16.6. The summed E-state index contributed by atoms with van der Waals surface area (Å²) in [5.41, 5.74) is 6.30. The van der Waals surface area contributed by atoms with Crippen LogP contribution >= 0.6 is 0 Å². The molecule has 8 nitrogen and oxygen atoms in total. The number of para-hydroxylation sites is 2. The molecule has 0 unspecified atom stereocenters. The Balaban J connectivity index is 1.49. The third kappa shape index (κ3) is 3.32. The van der Waals surface area contributed by atoms with E-state index in [0.717, 1.165) is 17.1 Å². The summed E-state index contributed by atoms with van der Waals surface area (Å²) in [5, 5.41) is 11.0. The number of rotatable bonds is 4. The molecule has 0 saturated heterocycles. The summed E-state index contributed by atoms with van der Waals surface area (Å²) in [6, 6.07) is 16.4. The minimum Gasteiger partial charge on any atom is -0.312 e. The number of benzene rings is 2. The van der Waals surface area contributed by atoms with Gasteiger partial charge in [-0.3, -0.25) is 25.1 Å². The molecule has 27 heavy (non-hydrogen) atoms. The van der Waals surface area contributed by atoms with E-state index in [-0.39, 0.29) is 18.4 Å². The number of nitrogens with one attached hydrogen (secondary N) is 3. The minimum absolute atomic E-state index is 0.00300. The SMILES string of the molecule is CN1C(=O)CN(Nc2ccc(C(=O)Nc3ccn[nH]3)cc2)c2ccccc21. The fourth-order valence-corrected chi connectivity index (χ4v) is 2.91. The van der Waals surface area contributed by atoms with Gasteiger partial charge in [0.15, 0.2) is 0 Å². The van der Waals surface area contributed by atoms with Gasteiger partial charge in [-0.1, -0.05) is 12.1 Å². The number of likely N-dealkylation sites (N-methyl/N-ethyl adjacent to an activating group) is 1. The first-order valence-electron chi connectivity index (χ1n) is 8.42. The number of nitrogens with zero attached hydrogens (tertiary/aromatic N) is 3. The lowest BCUT2D eigenvalue weighted by Crippen LogP contribution is -2.46. The smallest absolute Gasteiger partial charge is 0.256 e. The van der Waals surface area contributed by atoms with Gasteiger partial charge in [-0.05, 0) is 36.4 Å². The molecule has 1 aromatic heterocycles. The molecule has 3 aromatic rings. The van der Waals surface area contributed by atoms with Gasteiger partial charge in [-0.25, -0.2) is 0 Å². The lowest BCUT2D eigenvalue weighted by Gasteiger charge is -2.35. The molecule has 1 aliphatic rings. The number of aromatic nitrogens is 2. The average molecular weight is 362 g/mol. The summed E-state index contributed by atoms with van der Waals surface area (Å²) in [6.07, 6.45) is 1.57. The Bertz CT molecular complexity index is 968. The van der Waals surface area contributed by atoms with Crippen LogP contribution in [0.5, 0.6) is 0 Å². The van der Waals surface area contributed by atoms with Gasteiger partial charge in [0, 0.05) is 18.7 Å². The van der Waals surface area contributed by atoms with E-state index < -0.39 is 0 Å². The summed E-state index contributed by atoms with van der Waals surface area (Å²) < 4.78 is 0. The Labute approximate surface area is 155 Å². The summed E-state index contributed by atoms with van der Waals surface area (Å²) in [7, 11) is 1.77. The van der Waals surface area contributed by atoms with Crippen LogP contribution in [0.15, 0.2) is 60.8 Å². The zero-order valence-corrected chi connectivity index (χ0v) is 14.6. The largest absolute Gasteiger partial charge is 0.312 e. The van der Waals surface area contributed by atoms with Gasteiger partial charge in [-0.2, -0.15) is 5.10 Å². The van der Waals surface area contributed by atoms with Crippen molar-refractivity contribution < 1.29 is 9.59 Å². The molecule has 0 spiro atoms. The van der Waals surface area contributed by atoms with Gasteiger partial charge >= 0.3 is 0 Å². The number of hydrogen-bond donors (Lipinski definition) is 3. The van der Waals surface area contributed by atoms with E-state index in [2.05, 4.69) is 20.9 Å². The first-order valence-corrected chi connectivity index (χ1v) is 8.42. The van der Waals surface area contributed by atoms with Crippen LogP contribution in [0.1, 0.15) is 10.4 Å². The number of H-pyrrole nitrogens is 1. The molecular formula is C19H18N6O2. The van der Waals surface area contributed by atoms with E-state index >= 15 is 0 Å². The van der Waals surface area contributed by atoms with Gasteiger partial charge < -0.3 is 10.2 Å². The zero-order valence-electron chi connectivity index (χ0n) is 14.6. The van der Waals surface area contributed by atoms with Crippen molar-refractivity contribution in [3.63, 3.8) is 0 Å². The standard InChI is InChI=1S/C19H18N6O2/c1-24-15-4-2-3-5-16(15)25(12-18(24)26)23-14-8-6-13(7-9-14)19(27)21-17-10-11-20-22-17/h2-11,23H,12H2,1H3,(H2,20,21,22,27). The van der Waals surface area contributed by atoms with Crippen molar-refractivity contribution in [2.24, 2.45) is 0 Å². The maximum Gasteiger partial charge on any atom is 0.256 e. The molecule has 4 rings (SSSR count). The minimum atomic E-state index is -0.231. The van der Waals surface area contributed by atoms with Gasteiger partial charge in [0.25, 0.3) is 5.91 Å². The first-order chi connectivity index (χ1) is 13.1. The monoisotopic (exact) mass is 362 g/mol. The molecular weight excluding hydrogens is 344 g/mol. The van der Waals surface area contributed by atoms with Crippen LogP contribution in [0, 0.1) is 0 Å². The number of aromatic amines is 1. The van der Waals surface area contributed by atoms with Crippen molar-refractivity contribution in [2.45, 2.75) is 0 Å². The maximum absolute atomic E-state index is 12.2. The molecule has 0 fully saturated rings. The number of carbonyl (C=O) groups is 2. The molecule has 0 aliphatic carbocycles. The summed E-state index contributed by atoms with van der Waals surface area (Å²) in [4.78, 5) is 26.1. The van der Waals surface area contributed by atoms with Crippen molar-refractivity contribution in [3.05, 3.63) is 66.4 Å². The number of anilines is 4. The van der Waals surface area contributed by atoms with Crippen LogP contribution in [0.25, 0.3) is 0 Å². The molecule has 136 valence electrons. The lowest BCUT2D eigenvalue weighted by molar-refractivity contribution is -0.117. The molecule has 8 heteroatoms. The van der Waals surface area contributed by atoms with Crippen LogP contribution in [-0.2, 0) is 4.79 Å². The van der Waals surface area contributed by atoms with E-state index in [1.807, 2.05) is 24.3 Å². The second kappa shape index (κ2) is 6.83. The van der Waals surface area contributed by atoms with Crippen molar-refractivity contribution in [2.75, 3.05) is 34.2 Å². The zero-order chi connectivity index (χ0) is 18.8. The van der Waals surface area contributed by atoms with Crippen LogP contribution in [0.4, 0.5) is 22.9 Å². The molecule has 0 atom stereocenters. The number of hydrazine groups is 1. The van der Waals surface area contributed by atoms with Crippen LogP contribution in [-0.4, -0.2) is 35.6 Å². The Morgan fingerprint density at radius 1 is 1.07 bits per heavy atom. The van der Waals surface area contributed by atoms with Gasteiger partial charge in [0.2, 0.25) is 5.91 Å². The Morgan fingerprint density at radius 3 is 2.52 bits per heavy atom. The van der Waals surface area contributed by atoms with Crippen LogP contribution < -0.4 is 20.7 Å². The number of fused-ring (bicyclic) bond motifs is 1. The van der Waals surface area contributed by atoms with Crippen molar-refractivity contribution >= 4 is 34.7 Å². The van der Waals surface area contributed by atoms with Crippen molar-refractivity contribution in [1.29, 1.82) is 0 Å². The molecule has 2 aromatic carbocycles. The third-order valence-electron chi connectivity index (χ3n) is 4.36. The van der Waals surface area contributed by atoms with Crippen molar-refractivity contribution in [1.82, 2.24) is 10.2 Å². The summed E-state index contributed by atoms with van der Waals surface area (Å²) in [6.45, 7) is 0.218. The predicted octanol–water partition coefficient (Wildman–Crippen LogP) is 2.47. The molecule has 0 bridgehead atoms. The van der Waals surface area contributed by atoms with E-state index in [0.29, 0.717) is 11.4 Å². The molecule has 0 saturated carbocycles. The third-order valence-corrected chi connectivity index (χ3v) is 4.36. The second-order valence-corrected chi connectivity index (χ2v) is 6.14.